The van der Waals surface area contributed by atoms with E-state index in [-0.39, 0.29) is 18.1 Å². The number of quaternary nitrogens is 1. The fraction of sp³-hybridized carbons (Fsp3) is 0.425. The summed E-state index contributed by atoms with van der Waals surface area (Å²) in [6.07, 6.45) is 12.6. The summed E-state index contributed by atoms with van der Waals surface area (Å²) in [7, 11) is 0. The molecule has 9 nitrogen and oxygen atoms in total. The highest BCUT2D eigenvalue weighted by Crippen LogP contribution is 2.36. The number of allylic oxidation sites excluding steroid dienone is 1. The summed E-state index contributed by atoms with van der Waals surface area (Å²) in [5.74, 6) is 10.4. The van der Waals surface area contributed by atoms with Crippen LogP contribution in [0, 0.1) is 29.8 Å². The van der Waals surface area contributed by atoms with Gasteiger partial charge in [-0.1, -0.05) is 62.1 Å². The van der Waals surface area contributed by atoms with Gasteiger partial charge in [-0.2, -0.15) is 0 Å². The molecule has 0 amide bonds. The van der Waals surface area contributed by atoms with Gasteiger partial charge < -0.3 is 25.4 Å². The van der Waals surface area contributed by atoms with Crippen molar-refractivity contribution in [3.8, 4) is 35.4 Å². The van der Waals surface area contributed by atoms with Gasteiger partial charge in [-0.3, -0.25) is 19.7 Å². The van der Waals surface area contributed by atoms with Crippen molar-refractivity contribution in [2.24, 2.45) is 21.6 Å². The van der Waals surface area contributed by atoms with Crippen LogP contribution in [0.2, 0.25) is 0 Å². The van der Waals surface area contributed by atoms with E-state index in [2.05, 4.69) is 42.0 Å². The number of ether oxygens (including phenoxy) is 2. The van der Waals surface area contributed by atoms with E-state index in [0.29, 0.717) is 56.6 Å². The first-order chi connectivity index (χ1) is 23.9. The van der Waals surface area contributed by atoms with E-state index < -0.39 is 24.6 Å². The predicted octanol–water partition coefficient (Wildman–Crippen LogP) is 3.58. The average molecular weight is 660 g/mol. The molecule has 0 radical (unpaired) electrons. The van der Waals surface area contributed by atoms with Crippen LogP contribution in [0.25, 0.3) is 0 Å². The summed E-state index contributed by atoms with van der Waals surface area (Å²) >= 11 is 0. The van der Waals surface area contributed by atoms with Gasteiger partial charge in [-0.25, -0.2) is 0 Å². The summed E-state index contributed by atoms with van der Waals surface area (Å²) in [5.41, 5.74) is 14.3. The lowest BCUT2D eigenvalue weighted by molar-refractivity contribution is -0.889. The molecule has 252 valence electrons. The van der Waals surface area contributed by atoms with E-state index in [1.165, 1.54) is 0 Å². The Bertz CT molecular complexity index is 1890. The summed E-state index contributed by atoms with van der Waals surface area (Å²) in [5, 5.41) is 21.9. The van der Waals surface area contributed by atoms with E-state index in [1.54, 1.807) is 0 Å². The number of carbonyl (C=O) groups excluding carboxylic acids is 1. The number of nitrogens with zero attached hydrogens (tertiary/aromatic N) is 2. The number of nitrogens with two attached hydrogens (primary N) is 1. The molecule has 0 fully saturated rings. The zero-order valence-electron chi connectivity index (χ0n) is 27.9. The molecule has 6 atom stereocenters. The molecule has 0 aliphatic carbocycles. The number of aliphatic imine (C=N–C) groups is 2. The minimum absolute atomic E-state index is 0.0474. The topological polar surface area (TPSA) is 131 Å². The van der Waals surface area contributed by atoms with Crippen molar-refractivity contribution in [3.05, 3.63) is 81.2 Å². The molecule has 7 rings (SSSR count). The van der Waals surface area contributed by atoms with Crippen molar-refractivity contribution < 1.29 is 29.4 Å². The van der Waals surface area contributed by atoms with Gasteiger partial charge in [0, 0.05) is 50.1 Å². The molecule has 2 aromatic rings. The highest BCUT2D eigenvalue weighted by atomic mass is 16.5. The predicted molar refractivity (Wildman–Crippen MR) is 187 cm³/mol. The minimum Gasteiger partial charge on any atom is -0.437 e. The second-order valence-electron chi connectivity index (χ2n) is 13.5. The Hall–Kier alpha value is -4.51. The Kier molecular flexibility index (Phi) is 9.79. The van der Waals surface area contributed by atoms with Crippen LogP contribution in [0.4, 0.5) is 0 Å². The van der Waals surface area contributed by atoms with E-state index >= 15 is 0 Å². The molecule has 0 spiro atoms. The Morgan fingerprint density at radius 3 is 2.90 bits per heavy atom. The Morgan fingerprint density at radius 1 is 1.14 bits per heavy atom. The molecule has 5 N–H and O–H groups in total. The van der Waals surface area contributed by atoms with Crippen LogP contribution in [0.15, 0.2) is 63.4 Å². The normalized spacial score (nSPS) is 25.0. The minimum atomic E-state index is -1.02. The van der Waals surface area contributed by atoms with E-state index in [4.69, 9.17) is 20.2 Å². The lowest BCUT2D eigenvalue weighted by atomic mass is 9.85. The second kappa shape index (κ2) is 14.5. The van der Waals surface area contributed by atoms with Gasteiger partial charge in [0.25, 0.3) is 6.23 Å². The number of nitrogens with one attached hydrogen (secondary N) is 1. The number of fused-ring (bicyclic) bond motifs is 7. The molecule has 2 aromatic carbocycles. The Balaban J connectivity index is 1.18. The SMILES string of the molecule is CCCCCC(O)CC(=O)CCc1ccc2c(c1)OC1C(C#CC(O)c3ccc4c(c3CC3=C5C[NH+]1C=C5N=C3)CC=NC4N)CC#CO2. The smallest absolute Gasteiger partial charge is 0.251 e. The van der Waals surface area contributed by atoms with E-state index in [9.17, 15) is 15.0 Å². The van der Waals surface area contributed by atoms with Crippen LogP contribution in [0.3, 0.4) is 0 Å². The second-order valence-corrected chi connectivity index (χ2v) is 13.5. The molecule has 5 heterocycles. The van der Waals surface area contributed by atoms with Crippen molar-refractivity contribution in [1.82, 2.24) is 0 Å². The van der Waals surface area contributed by atoms with Gasteiger partial charge in [0.2, 0.25) is 0 Å². The molecule has 0 aromatic heterocycles. The highest BCUT2D eigenvalue weighted by molar-refractivity contribution is 5.87. The van der Waals surface area contributed by atoms with Crippen molar-refractivity contribution in [3.63, 3.8) is 0 Å². The van der Waals surface area contributed by atoms with Crippen LogP contribution < -0.4 is 20.1 Å². The molecule has 2 bridgehead atoms. The molecule has 6 unspecified atom stereocenters. The lowest BCUT2D eigenvalue weighted by Crippen LogP contribution is -3.12. The van der Waals surface area contributed by atoms with Crippen molar-refractivity contribution >= 4 is 18.2 Å². The lowest BCUT2D eigenvalue weighted by Gasteiger charge is -2.28. The highest BCUT2D eigenvalue weighted by Gasteiger charge is 2.40. The number of carbonyl (C=O) groups is 1. The molecule has 9 heteroatoms. The first-order valence-corrected chi connectivity index (χ1v) is 17.5. The maximum Gasteiger partial charge on any atom is 0.251 e. The number of aliphatic hydroxyl groups excluding tert-OH is 2. The standard InChI is InChI=1S/C40H42N4O5/c1-2-3-4-7-28(45)21-29(46)11-8-25-9-15-37-38(19-25)49-40-26(6-5-18-48-37)10-14-36(47)31-12-13-32-30(16-17-42-39(32)41)33(31)20-27-22-43-35-24-44(40)23-34(27)35/h9,12-13,15,17,19,22,24,26,28,36,39-40,45,47H,2-4,6-8,11,16,20-21,23,41H2,1H3/p+1. The number of Topliss-reactive ketones (excluding diaryl/α,β-unsaturated/α-hetero) is 1. The summed E-state index contributed by atoms with van der Waals surface area (Å²) in [6, 6.07) is 9.58. The average Bonchev–Trinajstić information content (AvgIpc) is 3.70. The van der Waals surface area contributed by atoms with Gasteiger partial charge in [0.15, 0.2) is 11.5 Å². The van der Waals surface area contributed by atoms with Crippen LogP contribution >= 0.6 is 0 Å². The van der Waals surface area contributed by atoms with Crippen molar-refractivity contribution in [2.45, 2.75) is 95.7 Å². The van der Waals surface area contributed by atoms with Crippen LogP contribution in [0.1, 0.15) is 92.0 Å². The third-order valence-corrected chi connectivity index (χ3v) is 10.1. The summed E-state index contributed by atoms with van der Waals surface area (Å²) in [4.78, 5) is 23.0. The number of hydrogen-bond donors (Lipinski definition) is 4. The third-order valence-electron chi connectivity index (χ3n) is 10.1. The van der Waals surface area contributed by atoms with E-state index in [1.807, 2.05) is 42.8 Å². The molecule has 0 saturated carbocycles. The molecule has 5 aliphatic heterocycles. The Labute approximate surface area is 287 Å². The number of aliphatic hydroxyl groups is 2. The summed E-state index contributed by atoms with van der Waals surface area (Å²) < 4.78 is 12.7. The van der Waals surface area contributed by atoms with E-state index in [0.717, 1.165) is 68.8 Å². The first kappa shape index (κ1) is 33.0. The number of unbranched alkanes of at least 4 members (excludes halogenated alkanes) is 2. The maximum absolute atomic E-state index is 12.7. The zero-order valence-corrected chi connectivity index (χ0v) is 27.9. The number of rotatable bonds is 9. The number of benzene rings is 2. The number of ketones is 1. The number of aryl methyl sites for hydroxylation is 1. The van der Waals surface area contributed by atoms with Crippen LogP contribution in [0.5, 0.6) is 11.5 Å². The van der Waals surface area contributed by atoms with Crippen LogP contribution in [-0.2, 0) is 24.1 Å². The summed E-state index contributed by atoms with van der Waals surface area (Å²) in [6.45, 7) is 2.79. The van der Waals surface area contributed by atoms with Gasteiger partial charge in [-0.15, -0.1) is 0 Å². The first-order valence-electron chi connectivity index (χ1n) is 17.5. The number of hydrogen-bond acceptors (Lipinski definition) is 8. The maximum atomic E-state index is 12.7. The van der Waals surface area contributed by atoms with Gasteiger partial charge in [-0.05, 0) is 58.4 Å². The zero-order chi connectivity index (χ0) is 33.9. The quantitative estimate of drug-likeness (QED) is 0.241. The molecular weight excluding hydrogens is 616 g/mol. The van der Waals surface area contributed by atoms with Gasteiger partial charge >= 0.3 is 0 Å². The molecule has 5 aliphatic rings. The third kappa shape index (κ3) is 7.13. The fourth-order valence-electron chi connectivity index (χ4n) is 7.36. The fourth-order valence-corrected chi connectivity index (χ4v) is 7.36. The monoisotopic (exact) mass is 659 g/mol. The van der Waals surface area contributed by atoms with Gasteiger partial charge in [0.1, 0.15) is 48.5 Å². The van der Waals surface area contributed by atoms with Crippen LogP contribution in [-0.4, -0.2) is 47.3 Å². The molecular formula is C40H43N4O5+. The Morgan fingerprint density at radius 2 is 2.02 bits per heavy atom. The molecule has 0 saturated heterocycles. The molecule has 49 heavy (non-hydrogen) atoms. The largest absolute Gasteiger partial charge is 0.437 e. The van der Waals surface area contributed by atoms with Gasteiger partial charge in [0.05, 0.1) is 6.10 Å². The van der Waals surface area contributed by atoms with Crippen molar-refractivity contribution in [1.29, 1.82) is 0 Å². The van der Waals surface area contributed by atoms with Crippen molar-refractivity contribution in [2.75, 3.05) is 6.54 Å².